The molecule has 6 nitrogen and oxygen atoms in total. The highest BCUT2D eigenvalue weighted by molar-refractivity contribution is 5.95. The van der Waals surface area contributed by atoms with Crippen LogP contribution >= 0.6 is 0 Å². The first-order valence-corrected chi connectivity index (χ1v) is 10.9. The Morgan fingerprint density at radius 3 is 2.32 bits per heavy atom. The maximum Gasteiger partial charge on any atom is 0.253 e. The van der Waals surface area contributed by atoms with Gasteiger partial charge in [0, 0.05) is 56.0 Å². The molecule has 31 heavy (non-hydrogen) atoms. The van der Waals surface area contributed by atoms with Crippen LogP contribution in [0, 0.1) is 5.92 Å². The van der Waals surface area contributed by atoms with Crippen LogP contribution in [0.3, 0.4) is 0 Å². The number of nitrogens with one attached hydrogen (secondary N) is 1. The van der Waals surface area contributed by atoms with E-state index in [2.05, 4.69) is 5.32 Å². The van der Waals surface area contributed by atoms with Gasteiger partial charge in [0.1, 0.15) is 5.75 Å². The Bertz CT molecular complexity index is 876. The molecule has 1 aliphatic rings. The van der Waals surface area contributed by atoms with E-state index in [9.17, 15) is 9.59 Å². The van der Waals surface area contributed by atoms with Crippen molar-refractivity contribution in [2.45, 2.75) is 32.7 Å². The first kappa shape index (κ1) is 22.7. The van der Waals surface area contributed by atoms with Gasteiger partial charge < -0.3 is 19.9 Å². The van der Waals surface area contributed by atoms with E-state index in [-0.39, 0.29) is 17.9 Å². The van der Waals surface area contributed by atoms with Crippen LogP contribution in [0.5, 0.6) is 5.75 Å². The van der Waals surface area contributed by atoms with Crippen molar-refractivity contribution in [2.24, 2.45) is 5.92 Å². The third-order valence-corrected chi connectivity index (χ3v) is 5.46. The monoisotopic (exact) mass is 423 g/mol. The summed E-state index contributed by atoms with van der Waals surface area (Å²) in [6.45, 7) is 5.91. The zero-order chi connectivity index (χ0) is 22.4. The smallest absolute Gasteiger partial charge is 0.253 e. The lowest BCUT2D eigenvalue weighted by Gasteiger charge is -2.32. The number of hydrogen-bond donors (Lipinski definition) is 1. The average Bonchev–Trinajstić information content (AvgIpc) is 2.77. The van der Waals surface area contributed by atoms with E-state index in [1.54, 1.807) is 12.1 Å². The van der Waals surface area contributed by atoms with Gasteiger partial charge in [0.15, 0.2) is 0 Å². The molecule has 1 N–H and O–H groups in total. The number of likely N-dealkylation sites (tertiary alicyclic amines) is 1. The number of hydrogen-bond acceptors (Lipinski definition) is 4. The summed E-state index contributed by atoms with van der Waals surface area (Å²) in [5.41, 5.74) is 2.42. The number of piperidine rings is 1. The van der Waals surface area contributed by atoms with Gasteiger partial charge in [-0.15, -0.1) is 0 Å². The number of carbonyl (C=O) groups is 2. The van der Waals surface area contributed by atoms with E-state index in [0.29, 0.717) is 24.6 Å². The van der Waals surface area contributed by atoms with Crippen molar-refractivity contribution < 1.29 is 14.3 Å². The minimum atomic E-state index is -0.0819. The molecule has 166 valence electrons. The number of rotatable bonds is 7. The Hall–Kier alpha value is -3.02. The fourth-order valence-electron chi connectivity index (χ4n) is 3.73. The van der Waals surface area contributed by atoms with Crippen LogP contribution in [0.15, 0.2) is 48.5 Å². The lowest BCUT2D eigenvalue weighted by molar-refractivity contribution is 0.0633. The van der Waals surface area contributed by atoms with Gasteiger partial charge in [-0.25, -0.2) is 0 Å². The fourth-order valence-corrected chi connectivity index (χ4v) is 3.73. The van der Waals surface area contributed by atoms with E-state index in [1.165, 1.54) is 0 Å². The second-order valence-corrected chi connectivity index (χ2v) is 8.66. The number of amides is 2. The molecule has 1 aliphatic heterocycles. The molecule has 0 radical (unpaired) electrons. The topological polar surface area (TPSA) is 61.9 Å². The lowest BCUT2D eigenvalue weighted by atomic mass is 9.98. The molecule has 1 heterocycles. The van der Waals surface area contributed by atoms with E-state index in [1.807, 2.05) is 74.1 Å². The van der Waals surface area contributed by atoms with E-state index in [0.717, 1.165) is 36.4 Å². The number of benzene rings is 2. The highest BCUT2D eigenvalue weighted by atomic mass is 16.5. The number of nitrogens with zero attached hydrogens (tertiary/aromatic N) is 2. The maximum absolute atomic E-state index is 12.9. The van der Waals surface area contributed by atoms with E-state index < -0.39 is 0 Å². The SMILES string of the molecule is CC(C)NC(=O)c1ccc(OCC2CCCN(C(=O)c3ccc(N(C)C)cc3)C2)cc1. The number of anilines is 1. The zero-order valence-corrected chi connectivity index (χ0v) is 18.9. The molecule has 0 bridgehead atoms. The van der Waals surface area contributed by atoms with Gasteiger partial charge >= 0.3 is 0 Å². The summed E-state index contributed by atoms with van der Waals surface area (Å²) in [5, 5.41) is 2.88. The Balaban J connectivity index is 1.52. The number of ether oxygens (including phenoxy) is 1. The molecule has 0 aromatic heterocycles. The maximum atomic E-state index is 12.9. The minimum Gasteiger partial charge on any atom is -0.493 e. The van der Waals surface area contributed by atoms with Crippen molar-refractivity contribution in [1.29, 1.82) is 0 Å². The second kappa shape index (κ2) is 10.3. The summed E-state index contributed by atoms with van der Waals surface area (Å²) in [4.78, 5) is 28.9. The lowest BCUT2D eigenvalue weighted by Crippen LogP contribution is -2.41. The molecular weight excluding hydrogens is 390 g/mol. The predicted molar refractivity (Wildman–Crippen MR) is 124 cm³/mol. The fraction of sp³-hybridized carbons (Fsp3) is 0.440. The Morgan fingerprint density at radius 1 is 1.06 bits per heavy atom. The van der Waals surface area contributed by atoms with Crippen molar-refractivity contribution in [3.05, 3.63) is 59.7 Å². The highest BCUT2D eigenvalue weighted by Crippen LogP contribution is 2.22. The van der Waals surface area contributed by atoms with Gasteiger partial charge in [-0.1, -0.05) is 0 Å². The van der Waals surface area contributed by atoms with Crippen LogP contribution in [0.2, 0.25) is 0 Å². The zero-order valence-electron chi connectivity index (χ0n) is 18.9. The quantitative estimate of drug-likeness (QED) is 0.735. The molecule has 1 unspecified atom stereocenters. The predicted octanol–water partition coefficient (Wildman–Crippen LogP) is 3.82. The summed E-state index contributed by atoms with van der Waals surface area (Å²) in [6.07, 6.45) is 2.02. The van der Waals surface area contributed by atoms with Gasteiger partial charge in [0.05, 0.1) is 6.61 Å². The van der Waals surface area contributed by atoms with Crippen molar-refractivity contribution >= 4 is 17.5 Å². The minimum absolute atomic E-state index is 0.0792. The Morgan fingerprint density at radius 2 is 1.71 bits per heavy atom. The summed E-state index contributed by atoms with van der Waals surface area (Å²) in [5.74, 6) is 1.03. The molecule has 3 rings (SSSR count). The van der Waals surface area contributed by atoms with Crippen LogP contribution in [0.1, 0.15) is 47.4 Å². The molecule has 1 atom stereocenters. The van der Waals surface area contributed by atoms with Crippen LogP contribution in [0.25, 0.3) is 0 Å². The molecule has 0 saturated carbocycles. The summed E-state index contributed by atoms with van der Waals surface area (Å²) in [7, 11) is 3.97. The van der Waals surface area contributed by atoms with Gasteiger partial charge in [0.25, 0.3) is 11.8 Å². The summed E-state index contributed by atoms with van der Waals surface area (Å²) < 4.78 is 5.96. The molecule has 1 saturated heterocycles. The largest absolute Gasteiger partial charge is 0.493 e. The van der Waals surface area contributed by atoms with Crippen LogP contribution in [-0.2, 0) is 0 Å². The van der Waals surface area contributed by atoms with Crippen molar-refractivity contribution in [3.63, 3.8) is 0 Å². The van der Waals surface area contributed by atoms with Crippen molar-refractivity contribution in [2.75, 3.05) is 38.7 Å². The van der Waals surface area contributed by atoms with Crippen LogP contribution in [-0.4, -0.2) is 56.5 Å². The van der Waals surface area contributed by atoms with Crippen LogP contribution < -0.4 is 15.0 Å². The first-order chi connectivity index (χ1) is 14.8. The summed E-state index contributed by atoms with van der Waals surface area (Å²) >= 11 is 0. The van der Waals surface area contributed by atoms with E-state index in [4.69, 9.17) is 4.74 Å². The van der Waals surface area contributed by atoms with Gasteiger partial charge in [0.2, 0.25) is 0 Å². The highest BCUT2D eigenvalue weighted by Gasteiger charge is 2.25. The number of carbonyl (C=O) groups excluding carboxylic acids is 2. The molecule has 2 aromatic carbocycles. The Kier molecular flexibility index (Phi) is 7.55. The van der Waals surface area contributed by atoms with Gasteiger partial charge in [-0.2, -0.15) is 0 Å². The molecule has 1 fully saturated rings. The first-order valence-electron chi connectivity index (χ1n) is 10.9. The summed E-state index contributed by atoms with van der Waals surface area (Å²) in [6, 6.07) is 15.1. The van der Waals surface area contributed by atoms with Gasteiger partial charge in [-0.3, -0.25) is 9.59 Å². The molecule has 0 spiro atoms. The third-order valence-electron chi connectivity index (χ3n) is 5.46. The molecular formula is C25H33N3O3. The molecule has 2 aromatic rings. The Labute approximate surface area is 185 Å². The van der Waals surface area contributed by atoms with E-state index >= 15 is 0 Å². The van der Waals surface area contributed by atoms with Crippen molar-refractivity contribution in [1.82, 2.24) is 10.2 Å². The van der Waals surface area contributed by atoms with Crippen LogP contribution in [0.4, 0.5) is 5.69 Å². The molecule has 0 aliphatic carbocycles. The molecule has 2 amide bonds. The van der Waals surface area contributed by atoms with Crippen molar-refractivity contribution in [3.8, 4) is 5.75 Å². The third kappa shape index (κ3) is 6.23. The average molecular weight is 424 g/mol. The molecule has 6 heteroatoms. The standard InChI is InChI=1S/C25H33N3O3/c1-18(2)26-24(29)20-9-13-23(14-10-20)31-17-19-6-5-15-28(16-19)25(30)21-7-11-22(12-8-21)27(3)4/h7-14,18-19H,5-6,15-17H2,1-4H3,(H,26,29). The van der Waals surface area contributed by atoms with Gasteiger partial charge in [-0.05, 0) is 75.2 Å². The second-order valence-electron chi connectivity index (χ2n) is 8.66. The normalized spacial score (nSPS) is 16.2.